The zero-order valence-electron chi connectivity index (χ0n) is 32.5. The number of carbonyl (C=O) groups excluding carboxylic acids is 1. The first kappa shape index (κ1) is 47.9. The van der Waals surface area contributed by atoms with Crippen LogP contribution in [-0.2, 0) is 14.3 Å². The van der Waals surface area contributed by atoms with E-state index in [0.29, 0.717) is 6.42 Å². The maximum atomic E-state index is 12.9. The van der Waals surface area contributed by atoms with Crippen LogP contribution in [0.4, 0.5) is 0 Å². The van der Waals surface area contributed by atoms with E-state index in [1.54, 1.807) is 6.08 Å². The zero-order valence-corrected chi connectivity index (χ0v) is 32.5. The number of aliphatic hydroxyl groups is 5. The lowest BCUT2D eigenvalue weighted by Crippen LogP contribution is -2.60. The van der Waals surface area contributed by atoms with Gasteiger partial charge in [-0.2, -0.15) is 0 Å². The van der Waals surface area contributed by atoms with Crippen LogP contribution in [0.15, 0.2) is 60.8 Å². The Hall–Kier alpha value is -2.11. The van der Waals surface area contributed by atoms with Crippen molar-refractivity contribution in [2.45, 2.75) is 192 Å². The van der Waals surface area contributed by atoms with Crippen molar-refractivity contribution in [3.8, 4) is 0 Å². The first-order valence-electron chi connectivity index (χ1n) is 20.5. The second-order valence-corrected chi connectivity index (χ2v) is 14.1. The van der Waals surface area contributed by atoms with Gasteiger partial charge in [0.05, 0.1) is 25.4 Å². The minimum Gasteiger partial charge on any atom is -0.394 e. The van der Waals surface area contributed by atoms with Crippen molar-refractivity contribution in [2.24, 2.45) is 0 Å². The van der Waals surface area contributed by atoms with E-state index >= 15 is 0 Å². The minimum atomic E-state index is -1.58. The van der Waals surface area contributed by atoms with E-state index in [4.69, 9.17) is 9.47 Å². The van der Waals surface area contributed by atoms with E-state index in [1.807, 2.05) is 6.08 Å². The number of allylic oxidation sites excluding steroid dienone is 9. The summed E-state index contributed by atoms with van der Waals surface area (Å²) in [6.07, 6.45) is 35.4. The maximum absolute atomic E-state index is 12.9. The van der Waals surface area contributed by atoms with Crippen molar-refractivity contribution in [3.63, 3.8) is 0 Å². The van der Waals surface area contributed by atoms with Gasteiger partial charge in [0.2, 0.25) is 5.91 Å². The number of unbranched alkanes of at least 4 members (excludes halogenated alkanes) is 15. The number of hydrogen-bond donors (Lipinski definition) is 6. The molecule has 0 aromatic heterocycles. The number of carbonyl (C=O) groups is 1. The Balaban J connectivity index is 2.48. The summed E-state index contributed by atoms with van der Waals surface area (Å²) in [6, 6.07) is -0.834. The van der Waals surface area contributed by atoms with Crippen molar-refractivity contribution in [1.29, 1.82) is 0 Å². The van der Waals surface area contributed by atoms with Crippen molar-refractivity contribution < 1.29 is 39.8 Å². The number of rotatable bonds is 32. The fourth-order valence-electron chi connectivity index (χ4n) is 5.94. The molecule has 1 amide bonds. The van der Waals surface area contributed by atoms with Crippen LogP contribution in [0.25, 0.3) is 0 Å². The third kappa shape index (κ3) is 24.3. The maximum Gasteiger partial charge on any atom is 0.220 e. The van der Waals surface area contributed by atoms with E-state index < -0.39 is 49.5 Å². The number of amides is 1. The largest absolute Gasteiger partial charge is 0.394 e. The second kappa shape index (κ2) is 33.5. The molecule has 0 aliphatic carbocycles. The van der Waals surface area contributed by atoms with E-state index in [9.17, 15) is 30.3 Å². The third-order valence-electron chi connectivity index (χ3n) is 9.32. The molecule has 7 atom stereocenters. The van der Waals surface area contributed by atoms with Crippen molar-refractivity contribution >= 4 is 5.91 Å². The van der Waals surface area contributed by atoms with E-state index in [2.05, 4.69) is 67.8 Å². The van der Waals surface area contributed by atoms with Crippen LogP contribution in [0.3, 0.4) is 0 Å². The van der Waals surface area contributed by atoms with Gasteiger partial charge in [0.15, 0.2) is 6.29 Å². The highest BCUT2D eigenvalue weighted by molar-refractivity contribution is 5.76. The summed E-state index contributed by atoms with van der Waals surface area (Å²) < 4.78 is 11.1. The minimum absolute atomic E-state index is 0.208. The summed E-state index contributed by atoms with van der Waals surface area (Å²) in [5.74, 6) is -0.208. The molecule has 0 radical (unpaired) electrons. The van der Waals surface area contributed by atoms with Gasteiger partial charge in [-0.3, -0.25) is 4.79 Å². The molecule has 0 saturated carbocycles. The molecule has 0 bridgehead atoms. The van der Waals surface area contributed by atoms with Crippen molar-refractivity contribution in [2.75, 3.05) is 13.2 Å². The molecule has 1 fully saturated rings. The van der Waals surface area contributed by atoms with Crippen LogP contribution in [0.2, 0.25) is 0 Å². The highest BCUT2D eigenvalue weighted by Crippen LogP contribution is 2.22. The molecule has 6 N–H and O–H groups in total. The average molecular weight is 734 g/mol. The first-order valence-corrected chi connectivity index (χ1v) is 20.5. The summed E-state index contributed by atoms with van der Waals surface area (Å²) in [7, 11) is 0. The molecule has 0 aromatic carbocycles. The van der Waals surface area contributed by atoms with Gasteiger partial charge in [-0.25, -0.2) is 0 Å². The molecule has 9 heteroatoms. The smallest absolute Gasteiger partial charge is 0.220 e. The predicted molar refractivity (Wildman–Crippen MR) is 212 cm³/mol. The van der Waals surface area contributed by atoms with E-state index in [0.717, 1.165) is 77.0 Å². The summed E-state index contributed by atoms with van der Waals surface area (Å²) >= 11 is 0. The number of nitrogens with one attached hydrogen (secondary N) is 1. The lowest BCUT2D eigenvalue weighted by Gasteiger charge is -2.40. The number of aliphatic hydroxyl groups excluding tert-OH is 5. The highest BCUT2D eigenvalue weighted by Gasteiger charge is 2.44. The molecule has 0 spiro atoms. The molecule has 1 aliphatic rings. The van der Waals surface area contributed by atoms with E-state index in [-0.39, 0.29) is 12.5 Å². The molecule has 1 rings (SSSR count). The van der Waals surface area contributed by atoms with Crippen LogP contribution in [0, 0.1) is 0 Å². The fourth-order valence-corrected chi connectivity index (χ4v) is 5.94. The number of hydrogen-bond acceptors (Lipinski definition) is 8. The Morgan fingerprint density at radius 1 is 0.654 bits per heavy atom. The summed E-state index contributed by atoms with van der Waals surface area (Å²) in [4.78, 5) is 12.9. The Morgan fingerprint density at radius 3 is 1.77 bits per heavy atom. The quantitative estimate of drug-likeness (QED) is 0.0235. The Kier molecular flexibility index (Phi) is 30.8. The SMILES string of the molecule is CCCCC/C=C\C=C/CCCCCCCCC(=O)NC(COC1OC(CO)C(O)C(O)C1O)C(O)/C=C/CC/C=C/CC/C=C/CCCCCC. The molecule has 9 nitrogen and oxygen atoms in total. The Morgan fingerprint density at radius 2 is 1.15 bits per heavy atom. The van der Waals surface area contributed by atoms with Gasteiger partial charge in [-0.15, -0.1) is 0 Å². The van der Waals surface area contributed by atoms with Crippen LogP contribution < -0.4 is 5.32 Å². The van der Waals surface area contributed by atoms with Crippen LogP contribution in [0.1, 0.15) is 149 Å². The summed E-state index contributed by atoms with van der Waals surface area (Å²) in [5, 5.41) is 54.0. The molecule has 52 heavy (non-hydrogen) atoms. The summed E-state index contributed by atoms with van der Waals surface area (Å²) in [6.45, 7) is 3.66. The molecule has 7 unspecified atom stereocenters. The predicted octanol–water partition coefficient (Wildman–Crippen LogP) is 7.66. The number of ether oxygens (including phenoxy) is 2. The van der Waals surface area contributed by atoms with Gasteiger partial charge in [-0.1, -0.05) is 132 Å². The van der Waals surface area contributed by atoms with Gasteiger partial charge in [0, 0.05) is 6.42 Å². The van der Waals surface area contributed by atoms with Gasteiger partial charge in [0.1, 0.15) is 24.4 Å². The monoisotopic (exact) mass is 734 g/mol. The van der Waals surface area contributed by atoms with Crippen LogP contribution >= 0.6 is 0 Å². The fraction of sp³-hybridized carbons (Fsp3) is 0.744. The third-order valence-corrected chi connectivity index (χ3v) is 9.32. The Bertz CT molecular complexity index is 994. The average Bonchev–Trinajstić information content (AvgIpc) is 3.14. The molecular formula is C43H75NO8. The normalized spacial score (nSPS) is 22.5. The van der Waals surface area contributed by atoms with Gasteiger partial charge < -0.3 is 40.3 Å². The second-order valence-electron chi connectivity index (χ2n) is 14.1. The van der Waals surface area contributed by atoms with Crippen molar-refractivity contribution in [1.82, 2.24) is 5.32 Å². The van der Waals surface area contributed by atoms with E-state index in [1.165, 1.54) is 51.4 Å². The first-order chi connectivity index (χ1) is 25.3. The van der Waals surface area contributed by atoms with Gasteiger partial charge >= 0.3 is 0 Å². The lowest BCUT2D eigenvalue weighted by molar-refractivity contribution is -0.302. The zero-order chi connectivity index (χ0) is 38.1. The highest BCUT2D eigenvalue weighted by atomic mass is 16.7. The molecule has 1 aliphatic heterocycles. The topological polar surface area (TPSA) is 149 Å². The van der Waals surface area contributed by atoms with Gasteiger partial charge in [0.25, 0.3) is 0 Å². The molecule has 1 heterocycles. The van der Waals surface area contributed by atoms with Crippen LogP contribution in [0.5, 0.6) is 0 Å². The van der Waals surface area contributed by atoms with Crippen LogP contribution in [-0.4, -0.2) is 87.5 Å². The molecule has 1 saturated heterocycles. The standard InChI is InChI=1S/C43H75NO8/c1-3-5-7-9-11-13-15-17-19-21-23-25-27-29-31-33-39(47)44-36(35-51-43-42(50)41(49)40(48)38(34-45)52-43)37(46)32-30-28-26-24-22-20-18-16-14-12-10-8-6-4-2/h11,13-17,22,24,30,32,36-38,40-43,45-46,48-50H,3-10,12,18-21,23,25-29,31,33-35H2,1-2H3,(H,44,47)/b13-11-,16-14+,17-15-,24-22+,32-30+. The lowest BCUT2D eigenvalue weighted by atomic mass is 9.99. The van der Waals surface area contributed by atoms with Gasteiger partial charge in [-0.05, 0) is 70.6 Å². The molecule has 300 valence electrons. The van der Waals surface area contributed by atoms with Crippen molar-refractivity contribution in [3.05, 3.63) is 60.8 Å². The molecular weight excluding hydrogens is 658 g/mol. The molecule has 0 aromatic rings. The Labute approximate surface area is 316 Å². The summed E-state index contributed by atoms with van der Waals surface area (Å²) in [5.41, 5.74) is 0.